The maximum absolute atomic E-state index is 11.0. The standard InChI is InChI=1S/C7H12N2O3/c1-3-7(2,12)4-5(10)9-6(11)8-4/h4,12H,3H2,1-2H3,(H2,8,9,10,11). The minimum atomic E-state index is -1.17. The number of nitrogens with one attached hydrogen (secondary N) is 2. The van der Waals surface area contributed by atoms with Gasteiger partial charge >= 0.3 is 6.03 Å². The molecule has 1 fully saturated rings. The molecule has 5 nitrogen and oxygen atoms in total. The van der Waals surface area contributed by atoms with E-state index in [0.29, 0.717) is 6.42 Å². The Labute approximate surface area is 70.1 Å². The lowest BCUT2D eigenvalue weighted by atomic mass is 9.94. The second-order valence-corrected chi connectivity index (χ2v) is 3.11. The van der Waals surface area contributed by atoms with Crippen molar-refractivity contribution < 1.29 is 14.7 Å². The number of aliphatic hydroxyl groups is 1. The molecule has 0 aromatic carbocycles. The monoisotopic (exact) mass is 172 g/mol. The fraction of sp³-hybridized carbons (Fsp3) is 0.714. The first-order valence-corrected chi connectivity index (χ1v) is 3.81. The number of urea groups is 1. The highest BCUT2D eigenvalue weighted by atomic mass is 16.3. The average Bonchev–Trinajstić information content (AvgIpc) is 2.31. The number of carbonyl (C=O) groups is 2. The fourth-order valence-electron chi connectivity index (χ4n) is 1.06. The maximum atomic E-state index is 11.0. The molecule has 5 heteroatoms. The van der Waals surface area contributed by atoms with Crippen molar-refractivity contribution in [2.45, 2.75) is 31.9 Å². The first kappa shape index (κ1) is 8.99. The van der Waals surface area contributed by atoms with Crippen molar-refractivity contribution >= 4 is 11.9 Å². The summed E-state index contributed by atoms with van der Waals surface area (Å²) in [4.78, 5) is 21.7. The molecule has 0 aliphatic carbocycles. The first-order chi connectivity index (χ1) is 5.47. The number of imide groups is 1. The van der Waals surface area contributed by atoms with E-state index in [1.54, 1.807) is 6.92 Å². The summed E-state index contributed by atoms with van der Waals surface area (Å²) in [5.41, 5.74) is -1.17. The largest absolute Gasteiger partial charge is 0.387 e. The Morgan fingerprint density at radius 3 is 2.50 bits per heavy atom. The molecule has 1 heterocycles. The van der Waals surface area contributed by atoms with Crippen LogP contribution in [-0.2, 0) is 4.79 Å². The first-order valence-electron chi connectivity index (χ1n) is 3.81. The van der Waals surface area contributed by atoms with Gasteiger partial charge in [-0.25, -0.2) is 4.79 Å². The zero-order chi connectivity index (χ0) is 9.35. The molecule has 0 spiro atoms. The number of rotatable bonds is 2. The third-order valence-corrected chi connectivity index (χ3v) is 2.11. The molecule has 0 radical (unpaired) electrons. The zero-order valence-corrected chi connectivity index (χ0v) is 7.05. The summed E-state index contributed by atoms with van der Waals surface area (Å²) in [5.74, 6) is -0.466. The van der Waals surface area contributed by atoms with Crippen LogP contribution in [0.25, 0.3) is 0 Å². The van der Waals surface area contributed by atoms with Gasteiger partial charge < -0.3 is 10.4 Å². The van der Waals surface area contributed by atoms with Gasteiger partial charge in [0.2, 0.25) is 0 Å². The van der Waals surface area contributed by atoms with Crippen LogP contribution in [0.1, 0.15) is 20.3 Å². The summed E-state index contributed by atoms with van der Waals surface area (Å²) in [6.07, 6.45) is 0.408. The van der Waals surface area contributed by atoms with Crippen LogP contribution in [0.5, 0.6) is 0 Å². The summed E-state index contributed by atoms with van der Waals surface area (Å²) in [5, 5.41) is 14.0. The van der Waals surface area contributed by atoms with Crippen molar-refractivity contribution in [1.82, 2.24) is 10.6 Å². The molecular weight excluding hydrogens is 160 g/mol. The summed E-state index contributed by atoms with van der Waals surface area (Å²) in [6, 6.07) is -1.37. The maximum Gasteiger partial charge on any atom is 0.322 e. The molecule has 12 heavy (non-hydrogen) atoms. The van der Waals surface area contributed by atoms with E-state index in [-0.39, 0.29) is 0 Å². The molecule has 68 valence electrons. The van der Waals surface area contributed by atoms with Crippen LogP contribution in [-0.4, -0.2) is 28.7 Å². The molecule has 3 amide bonds. The lowest BCUT2D eigenvalue weighted by Gasteiger charge is -2.25. The number of amides is 3. The van der Waals surface area contributed by atoms with Gasteiger partial charge in [0, 0.05) is 0 Å². The van der Waals surface area contributed by atoms with Crippen molar-refractivity contribution in [3.63, 3.8) is 0 Å². The van der Waals surface area contributed by atoms with E-state index in [0.717, 1.165) is 0 Å². The Hall–Kier alpha value is -1.10. The van der Waals surface area contributed by atoms with Gasteiger partial charge in [0.1, 0.15) is 6.04 Å². The summed E-state index contributed by atoms with van der Waals surface area (Å²) >= 11 is 0. The average molecular weight is 172 g/mol. The second-order valence-electron chi connectivity index (χ2n) is 3.11. The van der Waals surface area contributed by atoms with Crippen LogP contribution in [0.15, 0.2) is 0 Å². The predicted molar refractivity (Wildman–Crippen MR) is 41.4 cm³/mol. The zero-order valence-electron chi connectivity index (χ0n) is 7.05. The molecule has 3 N–H and O–H groups in total. The molecule has 0 saturated carbocycles. The van der Waals surface area contributed by atoms with Gasteiger partial charge in [-0.2, -0.15) is 0 Å². The normalized spacial score (nSPS) is 27.8. The van der Waals surface area contributed by atoms with E-state index in [4.69, 9.17) is 0 Å². The predicted octanol–water partition coefficient (Wildman–Crippen LogP) is -0.645. The van der Waals surface area contributed by atoms with E-state index >= 15 is 0 Å². The van der Waals surface area contributed by atoms with Gasteiger partial charge in [-0.1, -0.05) is 6.92 Å². The van der Waals surface area contributed by atoms with Crippen LogP contribution in [0.3, 0.4) is 0 Å². The summed E-state index contributed by atoms with van der Waals surface area (Å²) in [7, 11) is 0. The van der Waals surface area contributed by atoms with Gasteiger partial charge in [0.15, 0.2) is 0 Å². The van der Waals surface area contributed by atoms with Crippen LogP contribution in [0.2, 0.25) is 0 Å². The van der Waals surface area contributed by atoms with E-state index in [2.05, 4.69) is 10.6 Å². The minimum Gasteiger partial charge on any atom is -0.387 e. The highest BCUT2D eigenvalue weighted by Gasteiger charge is 2.42. The second kappa shape index (κ2) is 2.75. The van der Waals surface area contributed by atoms with E-state index in [9.17, 15) is 14.7 Å². The smallest absolute Gasteiger partial charge is 0.322 e. The fourth-order valence-corrected chi connectivity index (χ4v) is 1.06. The number of hydrogen-bond donors (Lipinski definition) is 3. The molecule has 1 aliphatic rings. The highest BCUT2D eigenvalue weighted by Crippen LogP contribution is 2.16. The van der Waals surface area contributed by atoms with Crippen LogP contribution < -0.4 is 10.6 Å². The topological polar surface area (TPSA) is 78.4 Å². The van der Waals surface area contributed by atoms with E-state index in [1.807, 2.05) is 0 Å². The molecule has 0 bridgehead atoms. The molecular formula is C7H12N2O3. The Balaban J connectivity index is 2.76. The molecule has 1 aliphatic heterocycles. The molecule has 2 unspecified atom stereocenters. The summed E-state index contributed by atoms with van der Waals surface area (Å²) in [6.45, 7) is 3.26. The SMILES string of the molecule is CCC(C)(O)C1NC(=O)NC1=O. The number of carbonyl (C=O) groups excluding carboxylic acids is 2. The lowest BCUT2D eigenvalue weighted by Crippen LogP contribution is -2.49. The van der Waals surface area contributed by atoms with Gasteiger partial charge in [-0.15, -0.1) is 0 Å². The third kappa shape index (κ3) is 1.40. The Bertz CT molecular complexity index is 225. The van der Waals surface area contributed by atoms with Crippen molar-refractivity contribution in [3.05, 3.63) is 0 Å². The molecule has 1 saturated heterocycles. The van der Waals surface area contributed by atoms with Crippen molar-refractivity contribution in [2.75, 3.05) is 0 Å². The molecule has 0 aromatic heterocycles. The van der Waals surface area contributed by atoms with Crippen molar-refractivity contribution in [2.24, 2.45) is 0 Å². The molecule has 2 atom stereocenters. The Morgan fingerprint density at radius 1 is 1.58 bits per heavy atom. The van der Waals surface area contributed by atoms with Gasteiger partial charge in [-0.05, 0) is 13.3 Å². The van der Waals surface area contributed by atoms with Crippen LogP contribution >= 0.6 is 0 Å². The quantitative estimate of drug-likeness (QED) is 0.484. The van der Waals surface area contributed by atoms with Gasteiger partial charge in [-0.3, -0.25) is 10.1 Å². The Morgan fingerprint density at radius 2 is 2.17 bits per heavy atom. The Kier molecular flexibility index (Phi) is 2.06. The van der Waals surface area contributed by atoms with E-state index in [1.165, 1.54) is 6.92 Å². The number of hydrogen-bond acceptors (Lipinski definition) is 3. The van der Waals surface area contributed by atoms with Crippen LogP contribution in [0, 0.1) is 0 Å². The van der Waals surface area contributed by atoms with Crippen molar-refractivity contribution in [3.8, 4) is 0 Å². The minimum absolute atomic E-state index is 0.408. The molecule has 1 rings (SSSR count). The highest BCUT2D eigenvalue weighted by molar-refractivity contribution is 6.04. The third-order valence-electron chi connectivity index (χ3n) is 2.11. The summed E-state index contributed by atoms with van der Waals surface area (Å²) < 4.78 is 0. The van der Waals surface area contributed by atoms with E-state index < -0.39 is 23.6 Å². The van der Waals surface area contributed by atoms with Gasteiger partial charge in [0.05, 0.1) is 5.60 Å². The molecule has 0 aromatic rings. The van der Waals surface area contributed by atoms with Gasteiger partial charge in [0.25, 0.3) is 5.91 Å². The van der Waals surface area contributed by atoms with Crippen LogP contribution in [0.4, 0.5) is 4.79 Å². The lowest BCUT2D eigenvalue weighted by molar-refractivity contribution is -0.125. The van der Waals surface area contributed by atoms with Crippen molar-refractivity contribution in [1.29, 1.82) is 0 Å².